The number of rotatable bonds is 20. The molecule has 0 unspecified atom stereocenters. The third-order valence-corrected chi connectivity index (χ3v) is 8.54. The average Bonchev–Trinajstić information content (AvgIpc) is 3.14. The summed E-state index contributed by atoms with van der Waals surface area (Å²) >= 11 is 3.38. The summed E-state index contributed by atoms with van der Waals surface area (Å²) in [5.74, 6) is -2.89. The molecule has 0 fully saturated rings. The standard InChI is InChI=1S/C23H26FNO6.C20H28BrNO5/c1-3-31-23(29)14-18(25-21(26)10-11-22(27)28)12-15-4-6-16(7-5-15)19-13-17(24)8-9-20(19)30-2;1-5-26-19(25)13-16(12-14-6-8-15(21)9-7-14)22-17(23)10-11-18(24)27-20(2,3)4/h4-9,13,18H,3,10-12,14H2,1-2H3,(H,25,26)(H,27,28);6-9,16H,5,10-13H2,1-4H3,(H,22,23)/t18-;16-/m11/s1. The van der Waals surface area contributed by atoms with E-state index in [1.165, 1.54) is 19.2 Å². The van der Waals surface area contributed by atoms with E-state index in [1.54, 1.807) is 52.8 Å². The van der Waals surface area contributed by atoms with E-state index < -0.39 is 41.5 Å². The van der Waals surface area contributed by atoms with E-state index in [0.717, 1.165) is 21.2 Å². The minimum Gasteiger partial charge on any atom is -0.496 e. The molecule has 3 aromatic carbocycles. The van der Waals surface area contributed by atoms with Gasteiger partial charge in [0, 0.05) is 35.0 Å². The van der Waals surface area contributed by atoms with Gasteiger partial charge in [-0.2, -0.15) is 0 Å². The van der Waals surface area contributed by atoms with Gasteiger partial charge in [0.15, 0.2) is 0 Å². The first-order valence-electron chi connectivity index (χ1n) is 18.9. The van der Waals surface area contributed by atoms with Gasteiger partial charge < -0.3 is 34.7 Å². The minimum absolute atomic E-state index is 0.00643. The van der Waals surface area contributed by atoms with Crippen molar-refractivity contribution in [1.29, 1.82) is 0 Å². The van der Waals surface area contributed by atoms with Crippen LogP contribution in [0.2, 0.25) is 0 Å². The average molecular weight is 874 g/mol. The first-order chi connectivity index (χ1) is 27.4. The van der Waals surface area contributed by atoms with Gasteiger partial charge in [0.2, 0.25) is 11.8 Å². The van der Waals surface area contributed by atoms with Crippen molar-refractivity contribution in [2.45, 2.75) is 104 Å². The zero-order chi connectivity index (χ0) is 43.3. The van der Waals surface area contributed by atoms with Gasteiger partial charge in [0.25, 0.3) is 0 Å². The van der Waals surface area contributed by atoms with Crippen LogP contribution in [-0.4, -0.2) is 78.8 Å². The molecule has 0 spiro atoms. The lowest BCUT2D eigenvalue weighted by atomic mass is 9.98. The Hall–Kier alpha value is -5.31. The molecule has 0 radical (unpaired) electrons. The number of hydrogen-bond acceptors (Lipinski definition) is 10. The second-order valence-electron chi connectivity index (χ2n) is 14.1. The van der Waals surface area contributed by atoms with Crippen LogP contribution in [0.3, 0.4) is 0 Å². The number of carbonyl (C=O) groups is 6. The second-order valence-corrected chi connectivity index (χ2v) is 15.0. The molecule has 0 heterocycles. The van der Waals surface area contributed by atoms with Crippen LogP contribution in [0.1, 0.15) is 84.3 Å². The van der Waals surface area contributed by atoms with Gasteiger partial charge >= 0.3 is 23.9 Å². The Balaban J connectivity index is 0.000000404. The summed E-state index contributed by atoms with van der Waals surface area (Å²) in [4.78, 5) is 70.5. The normalized spacial score (nSPS) is 11.8. The molecule has 13 nitrogen and oxygen atoms in total. The van der Waals surface area contributed by atoms with Crippen LogP contribution in [0.25, 0.3) is 11.1 Å². The van der Waals surface area contributed by atoms with Crippen molar-refractivity contribution >= 4 is 51.6 Å². The molecular formula is C43H54BrFN2O11. The number of nitrogens with one attached hydrogen (secondary N) is 2. The maximum absolute atomic E-state index is 13.7. The summed E-state index contributed by atoms with van der Waals surface area (Å²) in [6.07, 6.45) is 0.411. The van der Waals surface area contributed by atoms with Gasteiger partial charge in [-0.05, 0) is 94.5 Å². The quantitative estimate of drug-likeness (QED) is 0.0793. The van der Waals surface area contributed by atoms with Crippen LogP contribution >= 0.6 is 15.9 Å². The molecule has 58 heavy (non-hydrogen) atoms. The van der Waals surface area contributed by atoms with Crippen molar-refractivity contribution in [1.82, 2.24) is 10.6 Å². The van der Waals surface area contributed by atoms with E-state index in [1.807, 2.05) is 36.4 Å². The van der Waals surface area contributed by atoms with Gasteiger partial charge in [-0.1, -0.05) is 52.3 Å². The summed E-state index contributed by atoms with van der Waals surface area (Å²) in [6.45, 7) is 9.27. The zero-order valence-electron chi connectivity index (χ0n) is 33.9. The minimum atomic E-state index is -1.07. The lowest BCUT2D eigenvalue weighted by Crippen LogP contribution is -2.38. The topological polar surface area (TPSA) is 184 Å². The van der Waals surface area contributed by atoms with E-state index in [-0.39, 0.29) is 69.4 Å². The molecule has 316 valence electrons. The number of methoxy groups -OCH3 is 1. The van der Waals surface area contributed by atoms with Crippen LogP contribution in [0.5, 0.6) is 5.75 Å². The fourth-order valence-electron chi connectivity index (χ4n) is 5.53. The number of benzene rings is 3. The van der Waals surface area contributed by atoms with Crippen molar-refractivity contribution in [2.75, 3.05) is 20.3 Å². The van der Waals surface area contributed by atoms with Crippen molar-refractivity contribution in [3.8, 4) is 16.9 Å². The number of ether oxygens (including phenoxy) is 4. The molecule has 2 atom stereocenters. The van der Waals surface area contributed by atoms with Crippen molar-refractivity contribution in [2.24, 2.45) is 0 Å². The fourth-order valence-corrected chi connectivity index (χ4v) is 5.80. The van der Waals surface area contributed by atoms with E-state index >= 15 is 0 Å². The zero-order valence-corrected chi connectivity index (χ0v) is 35.4. The maximum atomic E-state index is 13.7. The second kappa shape index (κ2) is 25.1. The molecule has 0 bridgehead atoms. The number of carboxylic acid groups (broad SMARTS) is 1. The maximum Gasteiger partial charge on any atom is 0.307 e. The molecule has 3 N–H and O–H groups in total. The van der Waals surface area contributed by atoms with E-state index in [2.05, 4.69) is 26.6 Å². The molecule has 3 rings (SSSR count). The van der Waals surface area contributed by atoms with Gasteiger partial charge in [-0.25, -0.2) is 4.39 Å². The van der Waals surface area contributed by atoms with Gasteiger partial charge in [0.05, 0.1) is 46.0 Å². The Morgan fingerprint density at radius 2 is 1.19 bits per heavy atom. The largest absolute Gasteiger partial charge is 0.496 e. The highest BCUT2D eigenvalue weighted by atomic mass is 79.9. The fraction of sp³-hybridized carbons (Fsp3) is 0.442. The molecular weight excluding hydrogens is 819 g/mol. The molecule has 0 aliphatic rings. The predicted molar refractivity (Wildman–Crippen MR) is 218 cm³/mol. The molecule has 0 saturated heterocycles. The summed E-state index contributed by atoms with van der Waals surface area (Å²) in [5.41, 5.74) is 2.61. The van der Waals surface area contributed by atoms with E-state index in [0.29, 0.717) is 24.2 Å². The smallest absolute Gasteiger partial charge is 0.307 e. The van der Waals surface area contributed by atoms with Gasteiger partial charge in [-0.15, -0.1) is 0 Å². The number of esters is 3. The Labute approximate surface area is 347 Å². The Morgan fingerprint density at radius 1 is 0.707 bits per heavy atom. The van der Waals surface area contributed by atoms with E-state index in [4.69, 9.17) is 24.1 Å². The number of carbonyl (C=O) groups excluding carboxylic acids is 5. The third kappa shape index (κ3) is 20.2. The summed E-state index contributed by atoms with van der Waals surface area (Å²) in [7, 11) is 1.51. The first kappa shape index (κ1) is 48.8. The molecule has 0 aliphatic carbocycles. The molecule has 2 amide bonds. The SMILES string of the molecule is CCOC(=O)C[C@@H](Cc1ccc(-c2cc(F)ccc2OC)cc1)NC(=O)CCC(=O)O.CCOC(=O)C[C@@H](Cc1ccc(Br)cc1)NC(=O)CCC(=O)OC(C)(C)C. The van der Waals surface area contributed by atoms with Crippen LogP contribution < -0.4 is 15.4 Å². The number of halogens is 2. The number of carboxylic acids is 1. The highest BCUT2D eigenvalue weighted by Crippen LogP contribution is 2.31. The Kier molecular flexibility index (Phi) is 21.2. The number of amides is 2. The lowest BCUT2D eigenvalue weighted by Gasteiger charge is -2.20. The van der Waals surface area contributed by atoms with Gasteiger partial charge in [0.1, 0.15) is 17.2 Å². The van der Waals surface area contributed by atoms with Gasteiger partial charge in [-0.3, -0.25) is 28.8 Å². The number of aliphatic carboxylic acids is 1. The number of hydrogen-bond donors (Lipinski definition) is 3. The monoisotopic (exact) mass is 872 g/mol. The van der Waals surface area contributed by atoms with Crippen LogP contribution in [0.4, 0.5) is 4.39 Å². The van der Waals surface area contributed by atoms with Crippen LogP contribution in [0.15, 0.2) is 71.2 Å². The highest BCUT2D eigenvalue weighted by Gasteiger charge is 2.22. The summed E-state index contributed by atoms with van der Waals surface area (Å²) in [6, 6.07) is 18.2. The molecule has 3 aromatic rings. The highest BCUT2D eigenvalue weighted by molar-refractivity contribution is 9.10. The lowest BCUT2D eigenvalue weighted by molar-refractivity contribution is -0.156. The molecule has 0 aliphatic heterocycles. The van der Waals surface area contributed by atoms with Crippen molar-refractivity contribution < 1.29 is 57.2 Å². The Bertz CT molecular complexity index is 1810. The van der Waals surface area contributed by atoms with Crippen LogP contribution in [0, 0.1) is 5.82 Å². The van der Waals surface area contributed by atoms with Crippen LogP contribution in [-0.2, 0) is 55.8 Å². The predicted octanol–water partition coefficient (Wildman–Crippen LogP) is 6.90. The third-order valence-electron chi connectivity index (χ3n) is 8.01. The van der Waals surface area contributed by atoms with Crippen molar-refractivity contribution in [3.05, 3.63) is 88.1 Å². The molecule has 0 saturated carbocycles. The first-order valence-corrected chi connectivity index (χ1v) is 19.7. The van der Waals surface area contributed by atoms with Crippen molar-refractivity contribution in [3.63, 3.8) is 0 Å². The molecule has 15 heteroatoms. The Morgan fingerprint density at radius 3 is 1.64 bits per heavy atom. The summed E-state index contributed by atoms with van der Waals surface area (Å²) in [5, 5.41) is 14.3. The van der Waals surface area contributed by atoms with E-state index in [9.17, 15) is 33.2 Å². The molecule has 0 aromatic heterocycles. The summed E-state index contributed by atoms with van der Waals surface area (Å²) < 4.78 is 35.1.